The zero-order chi connectivity index (χ0) is 15.5. The van der Waals surface area contributed by atoms with E-state index in [0.717, 1.165) is 5.56 Å². The van der Waals surface area contributed by atoms with Crippen molar-refractivity contribution in [1.29, 1.82) is 0 Å². The molecular weight excluding hydrogens is 270 g/mol. The number of benzene rings is 1. The molecule has 0 unspecified atom stereocenters. The molecule has 0 aromatic heterocycles. The molecular formula is C16H21NO4. The summed E-state index contributed by atoms with van der Waals surface area (Å²) in [5, 5.41) is 3.31. The molecule has 1 heterocycles. The van der Waals surface area contributed by atoms with Crippen molar-refractivity contribution in [2.75, 3.05) is 13.7 Å². The van der Waals surface area contributed by atoms with Crippen LogP contribution < -0.4 is 5.32 Å². The van der Waals surface area contributed by atoms with Crippen LogP contribution in [-0.2, 0) is 19.1 Å². The van der Waals surface area contributed by atoms with E-state index in [4.69, 9.17) is 9.47 Å². The number of morpholine rings is 1. The zero-order valence-corrected chi connectivity index (χ0v) is 12.6. The standard InChI is InChI=1S/C16H21NO4/c1-16(2,9-13(18)20-3)14-15(19)21-10-12(17-14)11-7-5-4-6-8-11/h4-8,12,14,17H,9-10H2,1-3H3/t12-,14+/m1/s1. The predicted molar refractivity (Wildman–Crippen MR) is 77.5 cm³/mol. The third kappa shape index (κ3) is 3.61. The van der Waals surface area contributed by atoms with Gasteiger partial charge in [0.1, 0.15) is 12.6 Å². The summed E-state index contributed by atoms with van der Waals surface area (Å²) in [7, 11) is 1.35. The van der Waals surface area contributed by atoms with Gasteiger partial charge in [0.2, 0.25) is 0 Å². The number of hydrogen-bond donors (Lipinski definition) is 1. The van der Waals surface area contributed by atoms with Gasteiger partial charge in [0.05, 0.1) is 19.6 Å². The van der Waals surface area contributed by atoms with Gasteiger partial charge in [-0.25, -0.2) is 0 Å². The second-order valence-electron chi connectivity index (χ2n) is 5.93. The average molecular weight is 291 g/mol. The smallest absolute Gasteiger partial charge is 0.323 e. The van der Waals surface area contributed by atoms with Crippen LogP contribution in [0.4, 0.5) is 0 Å². The summed E-state index contributed by atoms with van der Waals surface area (Å²) in [6.07, 6.45) is 0.151. The third-order valence-electron chi connectivity index (χ3n) is 3.81. The lowest BCUT2D eigenvalue weighted by Gasteiger charge is -2.38. The Balaban J connectivity index is 2.14. The van der Waals surface area contributed by atoms with Crippen molar-refractivity contribution in [3.8, 4) is 0 Å². The van der Waals surface area contributed by atoms with Crippen LogP contribution in [0.3, 0.4) is 0 Å². The molecule has 2 atom stereocenters. The maximum atomic E-state index is 12.1. The maximum absolute atomic E-state index is 12.1. The minimum Gasteiger partial charge on any atom is -0.469 e. The minimum absolute atomic E-state index is 0.0641. The lowest BCUT2D eigenvalue weighted by molar-refractivity contribution is -0.158. The van der Waals surface area contributed by atoms with E-state index in [1.165, 1.54) is 7.11 Å². The van der Waals surface area contributed by atoms with Gasteiger partial charge in [-0.2, -0.15) is 0 Å². The van der Waals surface area contributed by atoms with Crippen LogP contribution in [0.5, 0.6) is 0 Å². The molecule has 114 valence electrons. The molecule has 5 nitrogen and oxygen atoms in total. The van der Waals surface area contributed by atoms with Gasteiger partial charge in [0.25, 0.3) is 0 Å². The number of carbonyl (C=O) groups is 2. The number of carbonyl (C=O) groups excluding carboxylic acids is 2. The average Bonchev–Trinajstić information content (AvgIpc) is 2.48. The number of nitrogens with one attached hydrogen (secondary N) is 1. The van der Waals surface area contributed by atoms with E-state index < -0.39 is 11.5 Å². The number of methoxy groups -OCH3 is 1. The van der Waals surface area contributed by atoms with Crippen molar-refractivity contribution in [3.63, 3.8) is 0 Å². The summed E-state index contributed by atoms with van der Waals surface area (Å²) in [4.78, 5) is 23.6. The molecule has 1 aromatic carbocycles. The molecule has 0 bridgehead atoms. The van der Waals surface area contributed by atoms with Crippen molar-refractivity contribution in [3.05, 3.63) is 35.9 Å². The number of hydrogen-bond acceptors (Lipinski definition) is 5. The van der Waals surface area contributed by atoms with Gasteiger partial charge < -0.3 is 9.47 Å². The molecule has 1 fully saturated rings. The first kappa shape index (κ1) is 15.5. The molecule has 21 heavy (non-hydrogen) atoms. The summed E-state index contributed by atoms with van der Waals surface area (Å²) in [5.74, 6) is -0.660. The summed E-state index contributed by atoms with van der Waals surface area (Å²) in [6.45, 7) is 4.01. The van der Waals surface area contributed by atoms with Gasteiger partial charge in [-0.1, -0.05) is 44.2 Å². The summed E-state index contributed by atoms with van der Waals surface area (Å²) in [5.41, 5.74) is 0.473. The van der Waals surface area contributed by atoms with E-state index >= 15 is 0 Å². The number of ether oxygens (including phenoxy) is 2. The quantitative estimate of drug-likeness (QED) is 0.857. The van der Waals surface area contributed by atoms with Crippen molar-refractivity contribution >= 4 is 11.9 Å². The second kappa shape index (κ2) is 6.26. The molecule has 1 saturated heterocycles. The van der Waals surface area contributed by atoms with Crippen LogP contribution in [0.25, 0.3) is 0 Å². The number of cyclic esters (lactones) is 1. The Bertz CT molecular complexity index is 512. The highest BCUT2D eigenvalue weighted by molar-refractivity contribution is 5.79. The molecule has 0 amide bonds. The highest BCUT2D eigenvalue weighted by Gasteiger charge is 2.42. The third-order valence-corrected chi connectivity index (χ3v) is 3.81. The highest BCUT2D eigenvalue weighted by atomic mass is 16.5. The first-order valence-electron chi connectivity index (χ1n) is 6.98. The summed E-state index contributed by atoms with van der Waals surface area (Å²) >= 11 is 0. The van der Waals surface area contributed by atoms with Crippen molar-refractivity contribution in [1.82, 2.24) is 5.32 Å². The first-order valence-corrected chi connectivity index (χ1v) is 6.98. The van der Waals surface area contributed by atoms with Gasteiger partial charge >= 0.3 is 11.9 Å². The lowest BCUT2D eigenvalue weighted by Crippen LogP contribution is -2.55. The van der Waals surface area contributed by atoms with Gasteiger partial charge in [0.15, 0.2) is 0 Å². The SMILES string of the molecule is COC(=O)CC(C)(C)[C@H]1N[C@@H](c2ccccc2)COC1=O. The second-order valence-corrected chi connectivity index (χ2v) is 5.93. The number of rotatable bonds is 4. The van der Waals surface area contributed by atoms with Crippen LogP contribution >= 0.6 is 0 Å². The molecule has 0 radical (unpaired) electrons. The first-order chi connectivity index (χ1) is 9.94. The highest BCUT2D eigenvalue weighted by Crippen LogP contribution is 2.31. The van der Waals surface area contributed by atoms with E-state index in [0.29, 0.717) is 6.61 Å². The van der Waals surface area contributed by atoms with Crippen molar-refractivity contribution < 1.29 is 19.1 Å². The largest absolute Gasteiger partial charge is 0.469 e. The molecule has 0 spiro atoms. The van der Waals surface area contributed by atoms with E-state index in [1.807, 2.05) is 44.2 Å². The Morgan fingerprint density at radius 2 is 2.05 bits per heavy atom. The van der Waals surface area contributed by atoms with Crippen LogP contribution in [0.2, 0.25) is 0 Å². The fourth-order valence-electron chi connectivity index (χ4n) is 2.53. The fraction of sp³-hybridized carbons (Fsp3) is 0.500. The normalized spacial score (nSPS) is 22.5. The Hall–Kier alpha value is -1.88. The Labute approximate surface area is 124 Å². The van der Waals surface area contributed by atoms with Crippen molar-refractivity contribution in [2.24, 2.45) is 5.41 Å². The van der Waals surface area contributed by atoms with E-state index in [-0.39, 0.29) is 24.4 Å². The van der Waals surface area contributed by atoms with E-state index in [2.05, 4.69) is 5.32 Å². The number of esters is 2. The maximum Gasteiger partial charge on any atom is 0.323 e. The zero-order valence-electron chi connectivity index (χ0n) is 12.6. The lowest BCUT2D eigenvalue weighted by atomic mass is 9.80. The summed E-state index contributed by atoms with van der Waals surface area (Å²) in [6, 6.07) is 9.20. The Morgan fingerprint density at radius 1 is 1.38 bits per heavy atom. The van der Waals surface area contributed by atoms with Crippen LogP contribution in [0.1, 0.15) is 31.9 Å². The van der Waals surface area contributed by atoms with Crippen molar-refractivity contribution in [2.45, 2.75) is 32.4 Å². The predicted octanol–water partition coefficient (Wildman–Crippen LogP) is 1.83. The Kier molecular flexibility index (Phi) is 4.63. The molecule has 1 aliphatic heterocycles. The van der Waals surface area contributed by atoms with Gasteiger partial charge in [-0.3, -0.25) is 14.9 Å². The monoisotopic (exact) mass is 291 g/mol. The Morgan fingerprint density at radius 3 is 2.67 bits per heavy atom. The fourth-order valence-corrected chi connectivity index (χ4v) is 2.53. The van der Waals surface area contributed by atoms with Gasteiger partial charge in [0, 0.05) is 5.41 Å². The van der Waals surface area contributed by atoms with Gasteiger partial charge in [-0.15, -0.1) is 0 Å². The van der Waals surface area contributed by atoms with Crippen LogP contribution in [0, 0.1) is 5.41 Å². The van der Waals surface area contributed by atoms with E-state index in [1.54, 1.807) is 0 Å². The molecule has 1 aliphatic rings. The van der Waals surface area contributed by atoms with E-state index in [9.17, 15) is 9.59 Å². The van der Waals surface area contributed by atoms with Crippen LogP contribution in [-0.4, -0.2) is 31.7 Å². The topological polar surface area (TPSA) is 64.6 Å². The molecule has 2 rings (SSSR count). The summed E-state index contributed by atoms with van der Waals surface area (Å²) < 4.78 is 10.0. The molecule has 1 N–H and O–H groups in total. The van der Waals surface area contributed by atoms with Crippen LogP contribution in [0.15, 0.2) is 30.3 Å². The molecule has 0 saturated carbocycles. The molecule has 0 aliphatic carbocycles. The molecule has 5 heteroatoms. The molecule has 1 aromatic rings. The minimum atomic E-state index is -0.586. The van der Waals surface area contributed by atoms with Gasteiger partial charge in [-0.05, 0) is 5.56 Å².